The van der Waals surface area contributed by atoms with E-state index in [4.69, 9.17) is 5.11 Å². The smallest absolute Gasteiger partial charge is 0.303 e. The van der Waals surface area contributed by atoms with Crippen molar-refractivity contribution < 1.29 is 23.4 Å². The molecule has 0 saturated heterocycles. The molecule has 200 valence electrons. The van der Waals surface area contributed by atoms with E-state index in [0.29, 0.717) is 6.42 Å². The van der Waals surface area contributed by atoms with Gasteiger partial charge in [-0.2, -0.15) is 4.31 Å². The van der Waals surface area contributed by atoms with Crippen LogP contribution in [0, 0.1) is 6.92 Å². The topological polar surface area (TPSA) is 107 Å². The second-order valence-corrected chi connectivity index (χ2v) is 12.5. The molecule has 0 aliphatic rings. The van der Waals surface area contributed by atoms with E-state index in [1.165, 1.54) is 16.9 Å². The van der Waals surface area contributed by atoms with Crippen molar-refractivity contribution >= 4 is 16.0 Å². The molecule has 0 bridgehead atoms. The minimum atomic E-state index is -3.81. The molecule has 1 unspecified atom stereocenters. The molecule has 0 heterocycles. The van der Waals surface area contributed by atoms with Crippen LogP contribution in [0.1, 0.15) is 69.1 Å². The summed E-state index contributed by atoms with van der Waals surface area (Å²) in [6, 6.07) is 15.4. The van der Waals surface area contributed by atoms with Crippen LogP contribution in [-0.2, 0) is 21.2 Å². The summed E-state index contributed by atoms with van der Waals surface area (Å²) in [5, 5.41) is 22.9. The molecule has 2 aromatic rings. The van der Waals surface area contributed by atoms with Gasteiger partial charge < -0.3 is 15.5 Å². The van der Waals surface area contributed by atoms with Gasteiger partial charge in [0.05, 0.1) is 11.0 Å². The molecule has 0 amide bonds. The van der Waals surface area contributed by atoms with Crippen LogP contribution in [0.15, 0.2) is 53.4 Å². The molecule has 8 heteroatoms. The van der Waals surface area contributed by atoms with E-state index < -0.39 is 22.1 Å². The first-order chi connectivity index (χ1) is 16.8. The van der Waals surface area contributed by atoms with Gasteiger partial charge in [-0.3, -0.25) is 4.79 Å². The minimum absolute atomic E-state index is 0.0267. The molecule has 2 aromatic carbocycles. The Morgan fingerprint density at radius 3 is 2.44 bits per heavy atom. The minimum Gasteiger partial charge on any atom is -0.481 e. The van der Waals surface area contributed by atoms with Gasteiger partial charge in [0.25, 0.3) is 0 Å². The average Bonchev–Trinajstić information content (AvgIpc) is 2.81. The number of carboxylic acid groups (broad SMARTS) is 1. The number of hydrogen-bond donors (Lipinski definition) is 3. The number of hydrogen-bond acceptors (Lipinski definition) is 5. The zero-order valence-corrected chi connectivity index (χ0v) is 23.0. The second-order valence-electron chi connectivity index (χ2n) is 10.5. The number of aliphatic carboxylic acids is 1. The van der Waals surface area contributed by atoms with Crippen LogP contribution in [0.25, 0.3) is 0 Å². The second kappa shape index (κ2) is 13.3. The summed E-state index contributed by atoms with van der Waals surface area (Å²) in [4.78, 5) is 11.1. The quantitative estimate of drug-likeness (QED) is 0.324. The van der Waals surface area contributed by atoms with Gasteiger partial charge in [-0.05, 0) is 81.2 Å². The summed E-state index contributed by atoms with van der Waals surface area (Å²) in [6.07, 6.45) is 2.52. The van der Waals surface area contributed by atoms with E-state index in [9.17, 15) is 18.3 Å². The molecule has 0 spiro atoms. The fraction of sp³-hybridized carbons (Fsp3) is 0.536. The number of aliphatic hydroxyl groups excluding tert-OH is 1. The Hall–Kier alpha value is -2.26. The SMILES string of the molecule is Cc1cc(C(C)CCC(=O)O)cc(S(=O)(=O)N(C)C[C@H](O)CNC(C)(C)CCCc2ccccc2)c1. The highest BCUT2D eigenvalue weighted by molar-refractivity contribution is 7.89. The molecular weight excluding hydrogens is 476 g/mol. The highest BCUT2D eigenvalue weighted by Gasteiger charge is 2.26. The maximum Gasteiger partial charge on any atom is 0.303 e. The summed E-state index contributed by atoms with van der Waals surface area (Å²) in [6.45, 7) is 8.15. The lowest BCUT2D eigenvalue weighted by molar-refractivity contribution is -0.137. The average molecular weight is 519 g/mol. The van der Waals surface area contributed by atoms with Crippen LogP contribution in [0.5, 0.6) is 0 Å². The van der Waals surface area contributed by atoms with E-state index in [-0.39, 0.29) is 35.9 Å². The third-order valence-electron chi connectivity index (χ3n) is 6.54. The van der Waals surface area contributed by atoms with Crippen molar-refractivity contribution in [3.63, 3.8) is 0 Å². The van der Waals surface area contributed by atoms with Crippen molar-refractivity contribution in [2.45, 2.75) is 82.3 Å². The van der Waals surface area contributed by atoms with Crippen molar-refractivity contribution in [2.75, 3.05) is 20.1 Å². The van der Waals surface area contributed by atoms with Gasteiger partial charge in [0.1, 0.15) is 0 Å². The van der Waals surface area contributed by atoms with Crippen LogP contribution >= 0.6 is 0 Å². The number of nitrogens with zero attached hydrogens (tertiary/aromatic N) is 1. The lowest BCUT2D eigenvalue weighted by Gasteiger charge is -2.29. The summed E-state index contributed by atoms with van der Waals surface area (Å²) in [5.41, 5.74) is 2.70. The predicted molar refractivity (Wildman–Crippen MR) is 144 cm³/mol. The number of rotatable bonds is 15. The summed E-state index contributed by atoms with van der Waals surface area (Å²) in [7, 11) is -2.34. The maximum absolute atomic E-state index is 13.2. The molecule has 0 aliphatic carbocycles. The Balaban J connectivity index is 1.93. The predicted octanol–water partition coefficient (Wildman–Crippen LogP) is 4.34. The fourth-order valence-electron chi connectivity index (χ4n) is 4.22. The van der Waals surface area contributed by atoms with Gasteiger partial charge in [-0.25, -0.2) is 8.42 Å². The van der Waals surface area contributed by atoms with Crippen LogP contribution in [0.3, 0.4) is 0 Å². The summed E-state index contributed by atoms with van der Waals surface area (Å²) >= 11 is 0. The highest BCUT2D eigenvalue weighted by Crippen LogP contribution is 2.26. The zero-order chi connectivity index (χ0) is 26.9. The highest BCUT2D eigenvalue weighted by atomic mass is 32.2. The third-order valence-corrected chi connectivity index (χ3v) is 8.34. The molecule has 0 fully saturated rings. The molecule has 0 radical (unpaired) electrons. The van der Waals surface area contributed by atoms with E-state index in [1.54, 1.807) is 12.1 Å². The van der Waals surface area contributed by atoms with Crippen molar-refractivity contribution in [3.05, 3.63) is 65.2 Å². The van der Waals surface area contributed by atoms with Crippen molar-refractivity contribution in [3.8, 4) is 0 Å². The Labute approximate surface area is 216 Å². The molecule has 2 atom stereocenters. The summed E-state index contributed by atoms with van der Waals surface area (Å²) < 4.78 is 27.7. The standard InChI is InChI=1S/C28H42N2O5S/c1-21-16-24(22(2)13-14-27(32)33)18-26(17-21)36(34,35)30(5)20-25(31)19-29-28(3,4)15-9-12-23-10-7-6-8-11-23/h6-8,10-11,16-18,22,25,29,31H,9,12-15,19-20H2,1-5H3,(H,32,33)/t22?,25-/m1/s1. The van der Waals surface area contributed by atoms with E-state index >= 15 is 0 Å². The molecule has 0 saturated carbocycles. The monoisotopic (exact) mass is 518 g/mol. The first kappa shape index (κ1) is 30.0. The maximum atomic E-state index is 13.2. The molecule has 36 heavy (non-hydrogen) atoms. The van der Waals surface area contributed by atoms with Crippen LogP contribution < -0.4 is 5.32 Å². The molecule has 2 rings (SSSR count). The largest absolute Gasteiger partial charge is 0.481 e. The number of carbonyl (C=O) groups is 1. The van der Waals surface area contributed by atoms with Crippen LogP contribution in [0.2, 0.25) is 0 Å². The number of benzene rings is 2. The molecular formula is C28H42N2O5S. The normalized spacial score (nSPS) is 14.1. The molecule has 3 N–H and O–H groups in total. The molecule has 7 nitrogen and oxygen atoms in total. The zero-order valence-electron chi connectivity index (χ0n) is 22.2. The number of nitrogens with one attached hydrogen (secondary N) is 1. The van der Waals surface area contributed by atoms with E-state index in [0.717, 1.165) is 30.4 Å². The number of likely N-dealkylation sites (N-methyl/N-ethyl adjacent to an activating group) is 1. The van der Waals surface area contributed by atoms with Gasteiger partial charge in [0.2, 0.25) is 10.0 Å². The van der Waals surface area contributed by atoms with Gasteiger partial charge in [-0.1, -0.05) is 43.3 Å². The van der Waals surface area contributed by atoms with Gasteiger partial charge in [0.15, 0.2) is 0 Å². The Morgan fingerprint density at radius 1 is 1.14 bits per heavy atom. The van der Waals surface area contributed by atoms with Gasteiger partial charge >= 0.3 is 5.97 Å². The lowest BCUT2D eigenvalue weighted by Crippen LogP contribution is -2.46. The fourth-order valence-corrected chi connectivity index (χ4v) is 5.57. The van der Waals surface area contributed by atoms with Crippen LogP contribution in [0.4, 0.5) is 0 Å². The molecule has 0 aliphatic heterocycles. The lowest BCUT2D eigenvalue weighted by atomic mass is 9.95. The molecule has 0 aromatic heterocycles. The van der Waals surface area contributed by atoms with Crippen molar-refractivity contribution in [2.24, 2.45) is 0 Å². The van der Waals surface area contributed by atoms with Gasteiger partial charge in [0, 0.05) is 32.1 Å². The first-order valence-electron chi connectivity index (χ1n) is 12.6. The number of β-amino-alcohol motifs (C(OH)–C–C–N with tert-alkyl or cyclic N) is 1. The Kier molecular flexibility index (Phi) is 11.1. The Morgan fingerprint density at radius 2 is 1.81 bits per heavy atom. The number of aliphatic hydroxyl groups is 1. The van der Waals surface area contributed by atoms with E-state index in [1.807, 2.05) is 38.1 Å². The number of sulfonamides is 1. The first-order valence-corrected chi connectivity index (χ1v) is 14.0. The van der Waals surface area contributed by atoms with Crippen molar-refractivity contribution in [1.82, 2.24) is 9.62 Å². The van der Waals surface area contributed by atoms with Crippen molar-refractivity contribution in [1.29, 1.82) is 0 Å². The van der Waals surface area contributed by atoms with E-state index in [2.05, 4.69) is 31.3 Å². The van der Waals surface area contributed by atoms with Gasteiger partial charge in [-0.15, -0.1) is 0 Å². The van der Waals surface area contributed by atoms with Crippen LogP contribution in [-0.4, -0.2) is 60.7 Å². The number of aryl methyl sites for hydroxylation is 2. The summed E-state index contributed by atoms with van der Waals surface area (Å²) in [5.74, 6) is -0.955. The number of carboxylic acids is 1. The third kappa shape index (κ3) is 9.65. The Bertz CT molecular complexity index is 1090.